The Kier molecular flexibility index (Phi) is 9.14. The number of carbonyl (C=O) groups excluding carboxylic acids is 2. The Morgan fingerprint density at radius 2 is 1.62 bits per heavy atom. The Balaban J connectivity index is 1.30. The molecule has 3 aromatic carbocycles. The van der Waals surface area contributed by atoms with Gasteiger partial charge < -0.3 is 28.7 Å². The fourth-order valence-corrected chi connectivity index (χ4v) is 4.74. The van der Waals surface area contributed by atoms with E-state index < -0.39 is 17.4 Å². The molecule has 0 unspecified atom stereocenters. The van der Waals surface area contributed by atoms with Gasteiger partial charge >= 0.3 is 12.0 Å². The van der Waals surface area contributed by atoms with Crippen LogP contribution in [0.5, 0.6) is 17.2 Å². The van der Waals surface area contributed by atoms with Crippen molar-refractivity contribution in [2.45, 2.75) is 38.0 Å². The van der Waals surface area contributed by atoms with Crippen molar-refractivity contribution in [2.24, 2.45) is 0 Å². The lowest BCUT2D eigenvalue weighted by atomic mass is 9.96. The van der Waals surface area contributed by atoms with Crippen molar-refractivity contribution in [3.63, 3.8) is 0 Å². The average molecular weight is 551 g/mol. The second-order valence-electron chi connectivity index (χ2n) is 9.99. The molecular formula is C31H35FN2O6. The molecule has 0 bridgehead atoms. The maximum absolute atomic E-state index is 14.2. The number of carbonyl (C=O) groups is 2. The van der Waals surface area contributed by atoms with Gasteiger partial charge in [0.15, 0.2) is 11.6 Å². The first-order valence-electron chi connectivity index (χ1n) is 13.1. The highest BCUT2D eigenvalue weighted by molar-refractivity contribution is 5.80. The average Bonchev–Trinajstić information content (AvgIpc) is 3.22. The number of rotatable bonds is 12. The van der Waals surface area contributed by atoms with Gasteiger partial charge in [-0.05, 0) is 54.4 Å². The number of halogens is 1. The molecule has 1 aliphatic heterocycles. The summed E-state index contributed by atoms with van der Waals surface area (Å²) in [7, 11) is 4.72. The van der Waals surface area contributed by atoms with Crippen LogP contribution in [0, 0.1) is 5.82 Å². The maximum Gasteiger partial charge on any atom is 0.350 e. The third kappa shape index (κ3) is 6.83. The molecule has 0 aliphatic carbocycles. The van der Waals surface area contributed by atoms with E-state index in [2.05, 4.69) is 0 Å². The van der Waals surface area contributed by atoms with E-state index in [1.807, 2.05) is 60.5 Å². The molecule has 1 fully saturated rings. The lowest BCUT2D eigenvalue weighted by Crippen LogP contribution is -2.44. The summed E-state index contributed by atoms with van der Waals surface area (Å²) in [6, 6.07) is 21.0. The van der Waals surface area contributed by atoms with Crippen LogP contribution in [0.3, 0.4) is 0 Å². The van der Waals surface area contributed by atoms with Crippen LogP contribution in [-0.4, -0.2) is 67.9 Å². The Morgan fingerprint density at radius 3 is 2.27 bits per heavy atom. The van der Waals surface area contributed by atoms with Gasteiger partial charge in [-0.1, -0.05) is 36.4 Å². The molecule has 9 heteroatoms. The summed E-state index contributed by atoms with van der Waals surface area (Å²) < 4.78 is 36.1. The normalized spacial score (nSPS) is 16.4. The van der Waals surface area contributed by atoms with Crippen LogP contribution in [0.2, 0.25) is 0 Å². The first-order valence-corrected chi connectivity index (χ1v) is 13.1. The van der Waals surface area contributed by atoms with Gasteiger partial charge in [0.05, 0.1) is 26.9 Å². The lowest BCUT2D eigenvalue weighted by molar-refractivity contribution is -0.157. The predicted octanol–water partition coefficient (Wildman–Crippen LogP) is 5.09. The van der Waals surface area contributed by atoms with Crippen molar-refractivity contribution in [1.82, 2.24) is 9.80 Å². The summed E-state index contributed by atoms with van der Waals surface area (Å²) >= 11 is 0. The van der Waals surface area contributed by atoms with Crippen LogP contribution >= 0.6 is 0 Å². The Morgan fingerprint density at radius 1 is 0.975 bits per heavy atom. The molecule has 0 spiro atoms. The van der Waals surface area contributed by atoms with Crippen molar-refractivity contribution in [3.05, 3.63) is 89.7 Å². The molecule has 1 aliphatic rings. The van der Waals surface area contributed by atoms with Gasteiger partial charge in [-0.2, -0.15) is 0 Å². The molecule has 2 atom stereocenters. The van der Waals surface area contributed by atoms with E-state index in [1.165, 1.54) is 19.2 Å². The Labute approximate surface area is 234 Å². The van der Waals surface area contributed by atoms with Crippen LogP contribution < -0.4 is 14.2 Å². The first kappa shape index (κ1) is 28.7. The molecule has 1 heterocycles. The van der Waals surface area contributed by atoms with Crippen LogP contribution in [0.1, 0.15) is 24.5 Å². The summed E-state index contributed by atoms with van der Waals surface area (Å²) in [4.78, 5) is 28.9. The monoisotopic (exact) mass is 550 g/mol. The van der Waals surface area contributed by atoms with E-state index in [9.17, 15) is 14.0 Å². The van der Waals surface area contributed by atoms with Crippen LogP contribution in [-0.2, 0) is 22.5 Å². The third-order valence-corrected chi connectivity index (χ3v) is 7.06. The van der Waals surface area contributed by atoms with Gasteiger partial charge in [0.2, 0.25) is 5.60 Å². The van der Waals surface area contributed by atoms with Gasteiger partial charge in [-0.15, -0.1) is 0 Å². The number of ether oxygens (including phenoxy) is 4. The smallest absolute Gasteiger partial charge is 0.350 e. The number of likely N-dealkylation sites (N-methyl/N-ethyl adjacent to an activating group) is 1. The van der Waals surface area contributed by atoms with Crippen molar-refractivity contribution < 1.29 is 32.9 Å². The predicted molar refractivity (Wildman–Crippen MR) is 148 cm³/mol. The van der Waals surface area contributed by atoms with Gasteiger partial charge in [-0.25, -0.2) is 14.0 Å². The summed E-state index contributed by atoms with van der Waals surface area (Å²) in [6.45, 7) is 3.18. The molecule has 0 aromatic heterocycles. The SMILES string of the molecule is COC(=O)[C@](C)(Cc1ccc(OCC[C@H]2CN(Cc3ccc(OC)cc3)C(=O)N2C)cc1)Oc1ccccc1F. The second kappa shape index (κ2) is 12.7. The quantitative estimate of drug-likeness (QED) is 0.292. The minimum Gasteiger partial charge on any atom is -0.497 e. The Hall–Kier alpha value is -4.27. The van der Waals surface area contributed by atoms with Crippen LogP contribution in [0.15, 0.2) is 72.8 Å². The molecule has 0 radical (unpaired) electrons. The van der Waals surface area contributed by atoms with Gasteiger partial charge in [0.25, 0.3) is 0 Å². The molecule has 212 valence electrons. The topological polar surface area (TPSA) is 77.5 Å². The molecule has 1 saturated heterocycles. The van der Waals surface area contributed by atoms with E-state index in [4.69, 9.17) is 18.9 Å². The summed E-state index contributed by atoms with van der Waals surface area (Å²) in [6.07, 6.45) is 0.854. The molecule has 3 aromatic rings. The van der Waals surface area contributed by atoms with Gasteiger partial charge in [0.1, 0.15) is 11.5 Å². The minimum absolute atomic E-state index is 0.00331. The highest BCUT2D eigenvalue weighted by Crippen LogP contribution is 2.27. The zero-order valence-electron chi connectivity index (χ0n) is 23.3. The molecule has 2 amide bonds. The first-order chi connectivity index (χ1) is 19.2. The largest absolute Gasteiger partial charge is 0.497 e. The number of benzene rings is 3. The molecule has 8 nitrogen and oxygen atoms in total. The number of amides is 2. The summed E-state index contributed by atoms with van der Waals surface area (Å²) in [5.74, 6) is 0.270. The van der Waals surface area contributed by atoms with Gasteiger partial charge in [-0.3, -0.25) is 0 Å². The molecule has 0 N–H and O–H groups in total. The van der Waals surface area contributed by atoms with E-state index in [-0.39, 0.29) is 24.2 Å². The number of hydrogen-bond donors (Lipinski definition) is 0. The molecular weight excluding hydrogens is 515 g/mol. The number of esters is 1. The fraction of sp³-hybridized carbons (Fsp3) is 0.355. The number of hydrogen-bond acceptors (Lipinski definition) is 6. The zero-order chi connectivity index (χ0) is 28.7. The van der Waals surface area contributed by atoms with E-state index >= 15 is 0 Å². The molecule has 4 rings (SSSR count). The minimum atomic E-state index is -1.42. The summed E-state index contributed by atoms with van der Waals surface area (Å²) in [5, 5.41) is 0. The summed E-state index contributed by atoms with van der Waals surface area (Å²) in [5.41, 5.74) is 0.422. The van der Waals surface area contributed by atoms with Crippen LogP contribution in [0.4, 0.5) is 9.18 Å². The van der Waals surface area contributed by atoms with Crippen molar-refractivity contribution in [1.29, 1.82) is 0 Å². The fourth-order valence-electron chi connectivity index (χ4n) is 4.74. The number of para-hydroxylation sites is 1. The lowest BCUT2D eigenvalue weighted by Gasteiger charge is -2.28. The van der Waals surface area contributed by atoms with E-state index in [0.717, 1.165) is 16.9 Å². The van der Waals surface area contributed by atoms with Crippen LogP contribution in [0.25, 0.3) is 0 Å². The second-order valence-corrected chi connectivity index (χ2v) is 9.99. The highest BCUT2D eigenvalue weighted by atomic mass is 19.1. The highest BCUT2D eigenvalue weighted by Gasteiger charge is 2.38. The molecule has 40 heavy (non-hydrogen) atoms. The number of methoxy groups -OCH3 is 2. The van der Waals surface area contributed by atoms with E-state index in [0.29, 0.717) is 31.9 Å². The van der Waals surface area contributed by atoms with E-state index in [1.54, 1.807) is 31.1 Å². The van der Waals surface area contributed by atoms with Gasteiger partial charge in [0, 0.05) is 33.0 Å². The van der Waals surface area contributed by atoms with Crippen molar-refractivity contribution >= 4 is 12.0 Å². The van der Waals surface area contributed by atoms with Crippen molar-refractivity contribution in [2.75, 3.05) is 34.4 Å². The maximum atomic E-state index is 14.2. The van der Waals surface area contributed by atoms with Crippen molar-refractivity contribution in [3.8, 4) is 17.2 Å². The molecule has 0 saturated carbocycles. The number of nitrogens with zero attached hydrogens (tertiary/aromatic N) is 2. The third-order valence-electron chi connectivity index (χ3n) is 7.06. The Bertz CT molecular complexity index is 1300. The number of urea groups is 1. The standard InChI is InChI=1S/C31H35FN2O6/c1-31(29(35)38-4,40-28-8-6-5-7-27(28)32)19-22-9-15-26(16-10-22)39-18-17-24-21-34(30(36)33(24)2)20-23-11-13-25(37-3)14-12-23/h5-16,24H,17-21H2,1-4H3/t24-,31-/m0/s1. The zero-order valence-corrected chi connectivity index (χ0v) is 23.3.